The minimum absolute atomic E-state index is 0.285. The lowest BCUT2D eigenvalue weighted by Crippen LogP contribution is -2.61. The number of benzene rings is 4. The summed E-state index contributed by atoms with van der Waals surface area (Å²) in [6, 6.07) is 14.8. The number of hydrogen-bond donors (Lipinski definition) is 6. The predicted octanol–water partition coefficient (Wildman–Crippen LogP) is 9.00. The maximum absolute atomic E-state index is 12.0. The van der Waals surface area contributed by atoms with Crippen LogP contribution in [0.3, 0.4) is 0 Å². The normalized spacial score (nSPS) is 19.4. The number of H-pyrrole nitrogens is 3. The smallest absolute Gasteiger partial charge is 0.211 e. The molecule has 4 aromatic carbocycles. The Morgan fingerprint density at radius 3 is 1.75 bits per heavy atom. The van der Waals surface area contributed by atoms with E-state index in [1.54, 1.807) is 22.9 Å². The van der Waals surface area contributed by atoms with Gasteiger partial charge in [-0.05, 0) is 92.8 Å². The molecular weight excluding hydrogens is 1040 g/mol. The van der Waals surface area contributed by atoms with Gasteiger partial charge in [-0.1, -0.05) is 59.2 Å². The van der Waals surface area contributed by atoms with Crippen molar-refractivity contribution in [1.82, 2.24) is 34.9 Å². The number of sulfonamides is 1. The third kappa shape index (κ3) is 11.5. The predicted molar refractivity (Wildman–Crippen MR) is 290 cm³/mol. The van der Waals surface area contributed by atoms with E-state index in [1.165, 1.54) is 6.26 Å². The summed E-state index contributed by atoms with van der Waals surface area (Å²) in [6.07, 6.45) is 13.1. The number of ketones is 1. The molecule has 0 unspecified atom stereocenters. The molecule has 0 atom stereocenters. The minimum atomic E-state index is -3.23. The van der Waals surface area contributed by atoms with Gasteiger partial charge >= 0.3 is 0 Å². The fraction of sp³-hybridized carbons (Fsp3) is 0.431. The number of fused-ring (bicyclic) bond motifs is 4. The number of carbonyl (C=O) groups is 1. The second-order valence-electron chi connectivity index (χ2n) is 20.0. The fourth-order valence-electron chi connectivity index (χ4n) is 10.8. The average Bonchev–Trinajstić information content (AvgIpc) is 4.21. The SMILES string of the molecule is CC1(C)CN(c2cc(Cl)cc3c2CN=C3N)CCN1S(C)(=O)=O.O=C1CCCN(c2cc(Cl)cc3[nH]ncc23)C1.OC1(c2cc(Cl)cc3[nH]ncc23)CCCC1.OC1(c2cc(Cl)cc3[nH]ncc23)CCOCC1. The Hall–Kier alpha value is -5.02. The molecule has 73 heavy (non-hydrogen) atoms. The molecule has 0 bridgehead atoms. The molecule has 4 fully saturated rings. The Kier molecular flexibility index (Phi) is 15.4. The largest absolute Gasteiger partial charge is 0.385 e. The first kappa shape index (κ1) is 52.8. The van der Waals surface area contributed by atoms with Crippen LogP contribution in [-0.4, -0.2) is 123 Å². The number of aliphatic imine (C=N–C) groups is 1. The fourth-order valence-corrected chi connectivity index (χ4v) is 13.1. The molecule has 7 aromatic rings. The van der Waals surface area contributed by atoms with Crippen LogP contribution in [0.5, 0.6) is 0 Å². The highest BCUT2D eigenvalue weighted by atomic mass is 35.5. The molecule has 0 spiro atoms. The number of nitrogens with two attached hydrogens (primary N) is 1. The van der Waals surface area contributed by atoms with Crippen molar-refractivity contribution in [3.8, 4) is 0 Å². The monoisotopic (exact) mass is 1090 g/mol. The third-order valence-corrected chi connectivity index (χ3v) is 16.7. The number of anilines is 2. The molecule has 3 aromatic heterocycles. The second-order valence-corrected chi connectivity index (χ2v) is 23.6. The van der Waals surface area contributed by atoms with E-state index >= 15 is 0 Å². The summed E-state index contributed by atoms with van der Waals surface area (Å²) in [7, 11) is -3.23. The molecule has 1 aliphatic carbocycles. The van der Waals surface area contributed by atoms with Gasteiger partial charge in [0, 0.05) is 123 Å². The first-order chi connectivity index (χ1) is 34.7. The van der Waals surface area contributed by atoms with Gasteiger partial charge in [-0.15, -0.1) is 0 Å². The summed E-state index contributed by atoms with van der Waals surface area (Å²) in [5, 5.41) is 47.5. The lowest BCUT2D eigenvalue weighted by atomic mass is 9.85. The van der Waals surface area contributed by atoms with E-state index in [0.29, 0.717) is 91.1 Å². The zero-order valence-corrected chi connectivity index (χ0v) is 44.7. The molecule has 0 amide bonds. The number of rotatable bonds is 5. The first-order valence-electron chi connectivity index (χ1n) is 24.2. The van der Waals surface area contributed by atoms with Crippen molar-refractivity contribution >= 4 is 112 Å². The van der Waals surface area contributed by atoms with Gasteiger partial charge in [0.2, 0.25) is 10.0 Å². The Balaban J connectivity index is 0.000000121. The highest BCUT2D eigenvalue weighted by molar-refractivity contribution is 7.88. The van der Waals surface area contributed by atoms with Crippen molar-refractivity contribution in [2.45, 2.75) is 88.5 Å². The topological polar surface area (TPSA) is 235 Å². The van der Waals surface area contributed by atoms with Crippen LogP contribution in [0.25, 0.3) is 32.7 Å². The summed E-state index contributed by atoms with van der Waals surface area (Å²) in [5.74, 6) is 0.797. The van der Waals surface area contributed by atoms with Gasteiger partial charge in [0.15, 0.2) is 5.78 Å². The van der Waals surface area contributed by atoms with E-state index in [1.807, 2.05) is 62.4 Å². The van der Waals surface area contributed by atoms with Gasteiger partial charge in [-0.3, -0.25) is 25.1 Å². The number of nitrogens with zero attached hydrogens (tertiary/aromatic N) is 7. The maximum atomic E-state index is 12.0. The Labute approximate surface area is 443 Å². The summed E-state index contributed by atoms with van der Waals surface area (Å²) < 4.78 is 30.8. The van der Waals surface area contributed by atoms with Crippen LogP contribution in [0, 0.1) is 0 Å². The number of Topliss-reactive ketones (excluding diaryl/α,β-unsaturated/α-hetero) is 1. The zero-order chi connectivity index (χ0) is 51.9. The number of nitrogens with one attached hydrogen (secondary N) is 3. The number of halogens is 4. The number of amidine groups is 1. The highest BCUT2D eigenvalue weighted by Gasteiger charge is 2.40. The van der Waals surface area contributed by atoms with Crippen LogP contribution < -0.4 is 15.5 Å². The van der Waals surface area contributed by atoms with Crippen LogP contribution in [0.2, 0.25) is 20.1 Å². The minimum Gasteiger partial charge on any atom is -0.385 e. The van der Waals surface area contributed by atoms with Crippen molar-refractivity contribution < 1.29 is 28.2 Å². The molecule has 3 saturated heterocycles. The van der Waals surface area contributed by atoms with Gasteiger partial charge in [0.1, 0.15) is 5.84 Å². The van der Waals surface area contributed by atoms with Gasteiger partial charge in [0.05, 0.1) is 65.7 Å². The molecule has 12 rings (SSSR count). The van der Waals surface area contributed by atoms with E-state index in [2.05, 4.69) is 45.4 Å². The number of aromatic nitrogens is 6. The Morgan fingerprint density at radius 2 is 1.19 bits per heavy atom. The van der Waals surface area contributed by atoms with Crippen molar-refractivity contribution in [1.29, 1.82) is 0 Å². The second kappa shape index (κ2) is 21.3. The van der Waals surface area contributed by atoms with E-state index in [0.717, 1.165) is 105 Å². The van der Waals surface area contributed by atoms with Crippen molar-refractivity contribution in [2.24, 2.45) is 10.7 Å². The number of hydrogen-bond acceptors (Lipinski definition) is 13. The third-order valence-electron chi connectivity index (χ3n) is 14.3. The number of piperidine rings is 1. The van der Waals surface area contributed by atoms with Crippen LogP contribution in [-0.2, 0) is 37.3 Å². The summed E-state index contributed by atoms with van der Waals surface area (Å²) in [6.45, 7) is 8.59. The molecule has 5 aliphatic rings. The van der Waals surface area contributed by atoms with Crippen molar-refractivity contribution in [3.63, 3.8) is 0 Å². The lowest BCUT2D eigenvalue weighted by molar-refractivity contribution is -0.118. The van der Waals surface area contributed by atoms with E-state index in [-0.39, 0.29) is 5.78 Å². The van der Waals surface area contributed by atoms with E-state index in [4.69, 9.17) is 56.9 Å². The Morgan fingerprint density at radius 1 is 0.671 bits per heavy atom. The van der Waals surface area contributed by atoms with Crippen LogP contribution >= 0.6 is 46.4 Å². The van der Waals surface area contributed by atoms with Crippen LogP contribution in [0.1, 0.15) is 87.5 Å². The Bertz CT molecular complexity index is 3310. The molecule has 7 N–H and O–H groups in total. The number of carbonyl (C=O) groups excluding carboxylic acids is 1. The molecule has 22 heteroatoms. The number of ether oxygens (including phenoxy) is 1. The summed E-state index contributed by atoms with van der Waals surface area (Å²) >= 11 is 24.5. The van der Waals surface area contributed by atoms with Crippen molar-refractivity contribution in [2.75, 3.05) is 62.0 Å². The quantitative estimate of drug-likeness (QED) is 0.0948. The van der Waals surface area contributed by atoms with E-state index < -0.39 is 26.8 Å². The van der Waals surface area contributed by atoms with Crippen molar-refractivity contribution in [3.05, 3.63) is 109 Å². The first-order valence-corrected chi connectivity index (χ1v) is 27.6. The maximum Gasteiger partial charge on any atom is 0.211 e. The van der Waals surface area contributed by atoms with Gasteiger partial charge in [0.25, 0.3) is 0 Å². The zero-order valence-electron chi connectivity index (χ0n) is 40.8. The summed E-state index contributed by atoms with van der Waals surface area (Å²) in [4.78, 5) is 20.1. The number of piperazine rings is 1. The highest BCUT2D eigenvalue weighted by Crippen LogP contribution is 2.43. The van der Waals surface area contributed by atoms with E-state index in [9.17, 15) is 23.4 Å². The standard InChI is InChI=1S/C15H21ClN4O2S.C12H12ClN3O.C12H13ClN2O2.C12H13ClN2O/c1-15(2)9-19(4-5-20(15)23(3,21)22)13-7-10(16)6-11-12(13)8-18-14(11)17;13-8-4-11-10(6-14-15-11)12(5-8)16-3-1-2-9(17)7-16;13-8-5-10(9-7-14-15-11(9)6-8)12(16)1-3-17-4-2-12;13-8-5-10(12(16)3-1-2-4-12)9-7-14-15-11(9)6-8/h6-7H,4-5,8-9H2,1-3H3,(H2,17,18);4-6H,1-3,7H2,(H,14,15);5-7,16H,1-4H2,(H,14,15);5-7,16H,1-4H2,(H,14,15). The number of aromatic amines is 3. The molecule has 388 valence electrons. The van der Waals surface area contributed by atoms with Gasteiger partial charge < -0.3 is 30.5 Å². The molecular formula is C51H59Cl4N11O6S. The average molecular weight is 1100 g/mol. The molecule has 4 aliphatic heterocycles. The lowest BCUT2D eigenvalue weighted by Gasteiger charge is -2.46. The molecule has 0 radical (unpaired) electrons. The number of aliphatic hydroxyl groups is 2. The van der Waals surface area contributed by atoms with Crippen LogP contribution in [0.4, 0.5) is 11.4 Å². The molecule has 1 saturated carbocycles. The van der Waals surface area contributed by atoms with Gasteiger partial charge in [-0.2, -0.15) is 19.6 Å². The molecule has 7 heterocycles. The van der Waals surface area contributed by atoms with Crippen LogP contribution in [0.15, 0.2) is 72.1 Å². The molecule has 17 nitrogen and oxygen atoms in total. The summed E-state index contributed by atoms with van der Waals surface area (Å²) in [5.41, 5.74) is 12.2. The van der Waals surface area contributed by atoms with Gasteiger partial charge in [-0.25, -0.2) is 8.42 Å².